The summed E-state index contributed by atoms with van der Waals surface area (Å²) in [5.74, 6) is -3.50. The lowest BCUT2D eigenvalue weighted by molar-refractivity contribution is -0.277. The minimum absolute atomic E-state index is 0.0765. The van der Waals surface area contributed by atoms with Gasteiger partial charge in [0, 0.05) is 11.6 Å². The van der Waals surface area contributed by atoms with Crippen molar-refractivity contribution in [3.05, 3.63) is 40.6 Å². The van der Waals surface area contributed by atoms with E-state index in [1.807, 2.05) is 0 Å². The van der Waals surface area contributed by atoms with Crippen molar-refractivity contribution in [1.82, 2.24) is 0 Å². The van der Waals surface area contributed by atoms with Gasteiger partial charge in [-0.3, -0.25) is 4.79 Å². The first kappa shape index (κ1) is 29.8. The Kier molecular flexibility index (Phi) is 8.17. The first-order chi connectivity index (χ1) is 19.9. The minimum atomic E-state index is -1.93. The van der Waals surface area contributed by atoms with E-state index in [0.717, 1.165) is 0 Å². The molecule has 0 saturated carbocycles. The molecule has 228 valence electrons. The predicted molar refractivity (Wildman–Crippen MR) is 136 cm³/mol. The molecule has 16 heteroatoms. The van der Waals surface area contributed by atoms with Crippen LogP contribution in [0.1, 0.15) is 0 Å². The predicted octanol–water partition coefficient (Wildman–Crippen LogP) is -2.43. The van der Waals surface area contributed by atoms with Crippen LogP contribution in [0.2, 0.25) is 0 Å². The number of hydrogen-bond donors (Lipinski definition) is 10. The fourth-order valence-corrected chi connectivity index (χ4v) is 4.60. The van der Waals surface area contributed by atoms with Crippen molar-refractivity contribution in [2.75, 3.05) is 13.2 Å². The summed E-state index contributed by atoms with van der Waals surface area (Å²) in [5.41, 5.74) is -1.62. The molecule has 1 aromatic heterocycles. The quantitative estimate of drug-likeness (QED) is 0.142. The van der Waals surface area contributed by atoms with Crippen molar-refractivity contribution in [3.63, 3.8) is 0 Å². The standard InChI is InChI=1S/C26H28O16/c27-6-13-16(33)18(35)20(37)26(39-13)42-24-17(34)14-10(29)5-11(30)22(41-25-19(36)15(32)12(31)7-38-25)23(14)40-21(24)8-1-3-9(28)4-2-8/h1-5,12-13,15-16,18-20,25-33,35-37H,6-7H2/t12-,13?,15+,16-,18?,19?,20?,25+,26+/m1/s1. The fraction of sp³-hybridized carbons (Fsp3) is 0.423. The smallest absolute Gasteiger partial charge is 0.239 e. The average Bonchev–Trinajstić information content (AvgIpc) is 2.96. The lowest BCUT2D eigenvalue weighted by Crippen LogP contribution is -2.60. The van der Waals surface area contributed by atoms with Gasteiger partial charge in [-0.25, -0.2) is 0 Å². The minimum Gasteiger partial charge on any atom is -0.508 e. The highest BCUT2D eigenvalue weighted by Crippen LogP contribution is 2.44. The van der Waals surface area contributed by atoms with Crippen LogP contribution >= 0.6 is 0 Å². The third-order valence-electron chi connectivity index (χ3n) is 6.94. The third kappa shape index (κ3) is 5.19. The number of aromatic hydroxyl groups is 3. The van der Waals surface area contributed by atoms with E-state index in [-0.39, 0.29) is 11.3 Å². The van der Waals surface area contributed by atoms with Crippen LogP contribution in [-0.2, 0) is 9.47 Å². The molecule has 2 aliphatic rings. The molecule has 2 aliphatic heterocycles. The zero-order valence-electron chi connectivity index (χ0n) is 21.4. The summed E-state index contributed by atoms with van der Waals surface area (Å²) in [6.45, 7) is -1.25. The molecule has 42 heavy (non-hydrogen) atoms. The summed E-state index contributed by atoms with van der Waals surface area (Å²) >= 11 is 0. The first-order valence-corrected chi connectivity index (χ1v) is 12.6. The number of phenols is 3. The van der Waals surface area contributed by atoms with E-state index < -0.39 is 114 Å². The summed E-state index contributed by atoms with van der Waals surface area (Å²) in [7, 11) is 0. The number of aliphatic hydroxyl groups excluding tert-OH is 7. The van der Waals surface area contributed by atoms with Gasteiger partial charge in [0.2, 0.25) is 29.5 Å². The Balaban J connectivity index is 1.67. The average molecular weight is 596 g/mol. The fourth-order valence-electron chi connectivity index (χ4n) is 4.60. The van der Waals surface area contributed by atoms with Gasteiger partial charge >= 0.3 is 0 Å². The molecular weight excluding hydrogens is 568 g/mol. The van der Waals surface area contributed by atoms with E-state index in [0.29, 0.717) is 6.07 Å². The molecule has 4 unspecified atom stereocenters. The Morgan fingerprint density at radius 3 is 2.10 bits per heavy atom. The van der Waals surface area contributed by atoms with Gasteiger partial charge in [0.05, 0.1) is 13.2 Å². The van der Waals surface area contributed by atoms with Crippen LogP contribution in [0.4, 0.5) is 0 Å². The zero-order valence-corrected chi connectivity index (χ0v) is 21.4. The van der Waals surface area contributed by atoms with Gasteiger partial charge in [-0.2, -0.15) is 0 Å². The molecule has 3 aromatic rings. The van der Waals surface area contributed by atoms with Gasteiger partial charge in [-0.05, 0) is 24.3 Å². The molecule has 0 aliphatic carbocycles. The molecule has 0 amide bonds. The van der Waals surface area contributed by atoms with Crippen molar-refractivity contribution in [2.24, 2.45) is 0 Å². The Labute approximate surface area is 235 Å². The molecule has 9 atom stereocenters. The summed E-state index contributed by atoms with van der Waals surface area (Å²) in [6.07, 6.45) is -15.3. The molecular formula is C26H28O16. The molecule has 2 aromatic carbocycles. The molecule has 0 spiro atoms. The summed E-state index contributed by atoms with van der Waals surface area (Å²) in [4.78, 5) is 13.8. The van der Waals surface area contributed by atoms with E-state index in [4.69, 9.17) is 23.4 Å². The molecule has 2 saturated heterocycles. The normalized spacial score (nSPS) is 31.6. The van der Waals surface area contributed by atoms with Crippen LogP contribution < -0.4 is 14.9 Å². The van der Waals surface area contributed by atoms with Gasteiger partial charge in [0.1, 0.15) is 59.6 Å². The van der Waals surface area contributed by atoms with Gasteiger partial charge in [-0.15, -0.1) is 0 Å². The number of phenolic OH excluding ortho intramolecular Hbond substituents is 3. The molecule has 5 rings (SSSR count). The topological polar surface area (TPSA) is 269 Å². The Hall–Kier alpha value is -3.71. The van der Waals surface area contributed by atoms with Gasteiger partial charge in [-0.1, -0.05) is 0 Å². The Morgan fingerprint density at radius 2 is 1.43 bits per heavy atom. The van der Waals surface area contributed by atoms with Crippen LogP contribution in [0, 0.1) is 0 Å². The summed E-state index contributed by atoms with van der Waals surface area (Å²) in [5, 5.41) is 101. The second-order valence-electron chi connectivity index (χ2n) is 9.77. The van der Waals surface area contributed by atoms with Crippen LogP contribution in [-0.4, -0.2) is 120 Å². The van der Waals surface area contributed by atoms with Crippen LogP contribution in [0.3, 0.4) is 0 Å². The van der Waals surface area contributed by atoms with Crippen molar-refractivity contribution < 1.29 is 74.4 Å². The lowest BCUT2D eigenvalue weighted by atomic mass is 9.99. The van der Waals surface area contributed by atoms with E-state index in [1.54, 1.807) is 0 Å². The maximum absolute atomic E-state index is 13.8. The first-order valence-electron chi connectivity index (χ1n) is 12.6. The number of benzene rings is 2. The number of aliphatic hydroxyl groups is 7. The Bertz CT molecular complexity index is 1490. The SMILES string of the molecule is O=c1c(O[C@@H]2OC(CO)[C@@H](O)C(O)C2O)c(-c2ccc(O)cc2)oc2c(O[C@@H]3OC[C@@H](O)[C@H](O)C3O)c(O)cc(O)c12. The van der Waals surface area contributed by atoms with Crippen molar-refractivity contribution in [2.45, 2.75) is 55.3 Å². The molecule has 0 radical (unpaired) electrons. The van der Waals surface area contributed by atoms with Crippen molar-refractivity contribution in [1.29, 1.82) is 0 Å². The van der Waals surface area contributed by atoms with E-state index >= 15 is 0 Å². The number of hydrogen-bond acceptors (Lipinski definition) is 16. The number of fused-ring (bicyclic) bond motifs is 1. The molecule has 10 N–H and O–H groups in total. The number of ether oxygens (including phenoxy) is 4. The van der Waals surface area contributed by atoms with E-state index in [2.05, 4.69) is 0 Å². The molecule has 3 heterocycles. The van der Waals surface area contributed by atoms with Crippen LogP contribution in [0.25, 0.3) is 22.3 Å². The Morgan fingerprint density at radius 1 is 0.786 bits per heavy atom. The van der Waals surface area contributed by atoms with E-state index in [1.165, 1.54) is 24.3 Å². The van der Waals surface area contributed by atoms with Crippen LogP contribution in [0.5, 0.6) is 28.7 Å². The molecule has 0 bridgehead atoms. The van der Waals surface area contributed by atoms with Crippen molar-refractivity contribution >= 4 is 11.0 Å². The third-order valence-corrected chi connectivity index (χ3v) is 6.94. The highest BCUT2D eigenvalue weighted by molar-refractivity contribution is 5.93. The zero-order chi connectivity index (χ0) is 30.5. The van der Waals surface area contributed by atoms with Gasteiger partial charge in [0.25, 0.3) is 0 Å². The van der Waals surface area contributed by atoms with Crippen LogP contribution in [0.15, 0.2) is 39.5 Å². The second kappa shape index (κ2) is 11.5. The largest absolute Gasteiger partial charge is 0.508 e. The van der Waals surface area contributed by atoms with Crippen molar-refractivity contribution in [3.8, 4) is 40.1 Å². The second-order valence-corrected chi connectivity index (χ2v) is 9.77. The summed E-state index contributed by atoms with van der Waals surface area (Å²) in [6, 6.07) is 5.77. The maximum atomic E-state index is 13.8. The maximum Gasteiger partial charge on any atom is 0.239 e. The van der Waals surface area contributed by atoms with E-state index in [9.17, 15) is 55.9 Å². The highest BCUT2D eigenvalue weighted by atomic mass is 16.7. The van der Waals surface area contributed by atoms with Gasteiger partial charge < -0.3 is 74.4 Å². The monoisotopic (exact) mass is 596 g/mol. The number of rotatable bonds is 6. The molecule has 2 fully saturated rings. The summed E-state index contributed by atoms with van der Waals surface area (Å²) < 4.78 is 27.6. The highest BCUT2D eigenvalue weighted by Gasteiger charge is 2.46. The van der Waals surface area contributed by atoms with Gasteiger partial charge in [0.15, 0.2) is 17.1 Å². The molecule has 16 nitrogen and oxygen atoms in total. The lowest BCUT2D eigenvalue weighted by Gasteiger charge is -2.39.